The van der Waals surface area contributed by atoms with E-state index < -0.39 is 0 Å². The third kappa shape index (κ3) is 2.97. The van der Waals surface area contributed by atoms with Gasteiger partial charge in [0.2, 0.25) is 0 Å². The molecule has 0 saturated heterocycles. The molecule has 0 aliphatic carbocycles. The van der Waals surface area contributed by atoms with Gasteiger partial charge in [-0.1, -0.05) is 48.0 Å². The molecule has 4 aromatic rings. The zero-order valence-electron chi connectivity index (χ0n) is 15.1. The summed E-state index contributed by atoms with van der Waals surface area (Å²) in [5.41, 5.74) is 6.85. The Morgan fingerprint density at radius 1 is 1.04 bits per heavy atom. The van der Waals surface area contributed by atoms with Crippen molar-refractivity contribution in [3.8, 4) is 11.1 Å². The molecule has 0 bridgehead atoms. The first-order valence-corrected chi connectivity index (χ1v) is 9.51. The summed E-state index contributed by atoms with van der Waals surface area (Å²) in [6.45, 7) is 6.79. The Kier molecular flexibility index (Phi) is 4.21. The van der Waals surface area contributed by atoms with Crippen LogP contribution in [-0.2, 0) is 6.54 Å². The van der Waals surface area contributed by atoms with Crippen LogP contribution in [0.4, 0.5) is 0 Å². The minimum atomic E-state index is 0.0194. The second kappa shape index (κ2) is 6.54. The van der Waals surface area contributed by atoms with Gasteiger partial charge in [0.25, 0.3) is 5.56 Å². The Hall–Kier alpha value is -2.72. The molecule has 2 aromatic heterocycles. The van der Waals surface area contributed by atoms with Crippen LogP contribution >= 0.6 is 11.3 Å². The van der Waals surface area contributed by atoms with Crippen molar-refractivity contribution in [2.45, 2.75) is 27.3 Å². The SMILES string of the molecule is Cc1cccc(Cn2cnc3scc(-c4ccc(C)c(C)c4)c3c2=O)c1. The molecule has 0 spiro atoms. The second-order valence-electron chi connectivity index (χ2n) is 6.80. The summed E-state index contributed by atoms with van der Waals surface area (Å²) >= 11 is 1.53. The van der Waals surface area contributed by atoms with E-state index in [1.54, 1.807) is 10.9 Å². The van der Waals surface area contributed by atoms with E-state index in [1.165, 1.54) is 28.0 Å². The molecule has 0 aliphatic rings. The summed E-state index contributed by atoms with van der Waals surface area (Å²) in [5.74, 6) is 0. The average molecular weight is 360 g/mol. The number of hydrogen-bond acceptors (Lipinski definition) is 3. The van der Waals surface area contributed by atoms with Gasteiger partial charge in [-0.15, -0.1) is 11.3 Å². The quantitative estimate of drug-likeness (QED) is 0.509. The molecule has 0 N–H and O–H groups in total. The van der Waals surface area contributed by atoms with E-state index in [0.717, 1.165) is 21.5 Å². The van der Waals surface area contributed by atoms with Crippen LogP contribution in [0.15, 0.2) is 59.0 Å². The first-order valence-electron chi connectivity index (χ1n) is 8.63. The molecular formula is C22H20N2OS. The van der Waals surface area contributed by atoms with Gasteiger partial charge in [0, 0.05) is 10.9 Å². The van der Waals surface area contributed by atoms with Gasteiger partial charge in [0.1, 0.15) is 4.83 Å². The number of fused-ring (bicyclic) bond motifs is 1. The molecule has 3 nitrogen and oxygen atoms in total. The van der Waals surface area contributed by atoms with E-state index in [1.807, 2.05) is 17.5 Å². The van der Waals surface area contributed by atoms with Gasteiger partial charge in [-0.3, -0.25) is 9.36 Å². The summed E-state index contributed by atoms with van der Waals surface area (Å²) in [5, 5.41) is 2.76. The van der Waals surface area contributed by atoms with Gasteiger partial charge in [-0.2, -0.15) is 0 Å². The van der Waals surface area contributed by atoms with Crippen molar-refractivity contribution in [3.05, 3.63) is 86.8 Å². The molecule has 0 radical (unpaired) electrons. The molecule has 0 atom stereocenters. The summed E-state index contributed by atoms with van der Waals surface area (Å²) in [6, 6.07) is 14.6. The van der Waals surface area contributed by atoms with E-state index in [-0.39, 0.29) is 5.56 Å². The summed E-state index contributed by atoms with van der Waals surface area (Å²) in [4.78, 5) is 18.5. The third-order valence-corrected chi connectivity index (χ3v) is 5.70. The maximum Gasteiger partial charge on any atom is 0.263 e. The van der Waals surface area contributed by atoms with E-state index >= 15 is 0 Å². The zero-order chi connectivity index (χ0) is 18.3. The molecule has 0 unspecified atom stereocenters. The zero-order valence-corrected chi connectivity index (χ0v) is 15.9. The molecule has 0 fully saturated rings. The molecule has 4 rings (SSSR count). The Morgan fingerprint density at radius 2 is 1.88 bits per heavy atom. The lowest BCUT2D eigenvalue weighted by Gasteiger charge is -2.08. The molecule has 4 heteroatoms. The predicted molar refractivity (Wildman–Crippen MR) is 109 cm³/mol. The fraction of sp³-hybridized carbons (Fsp3) is 0.182. The Morgan fingerprint density at radius 3 is 2.65 bits per heavy atom. The molecule has 0 aliphatic heterocycles. The van der Waals surface area contributed by atoms with Crippen molar-refractivity contribution >= 4 is 21.6 Å². The largest absolute Gasteiger partial charge is 0.294 e. The summed E-state index contributed by atoms with van der Waals surface area (Å²) in [6.07, 6.45) is 1.66. The smallest absolute Gasteiger partial charge is 0.263 e. The first kappa shape index (κ1) is 16.7. The topological polar surface area (TPSA) is 34.9 Å². The van der Waals surface area contributed by atoms with Gasteiger partial charge in [-0.25, -0.2) is 4.98 Å². The Balaban J connectivity index is 1.84. The van der Waals surface area contributed by atoms with Crippen molar-refractivity contribution in [1.82, 2.24) is 9.55 Å². The lowest BCUT2D eigenvalue weighted by Crippen LogP contribution is -2.21. The summed E-state index contributed by atoms with van der Waals surface area (Å²) in [7, 11) is 0. The van der Waals surface area contributed by atoms with E-state index in [2.05, 4.69) is 56.1 Å². The van der Waals surface area contributed by atoms with Gasteiger partial charge >= 0.3 is 0 Å². The Bertz CT molecular complexity index is 1170. The van der Waals surface area contributed by atoms with Crippen LogP contribution in [0.2, 0.25) is 0 Å². The fourth-order valence-electron chi connectivity index (χ4n) is 3.21. The highest BCUT2D eigenvalue weighted by Crippen LogP contribution is 2.31. The van der Waals surface area contributed by atoms with E-state index in [0.29, 0.717) is 11.9 Å². The first-order chi connectivity index (χ1) is 12.5. The highest BCUT2D eigenvalue weighted by Gasteiger charge is 2.14. The van der Waals surface area contributed by atoms with Gasteiger partial charge < -0.3 is 0 Å². The highest BCUT2D eigenvalue weighted by molar-refractivity contribution is 7.17. The lowest BCUT2D eigenvalue weighted by molar-refractivity contribution is 0.749. The molecule has 0 saturated carbocycles. The molecule has 0 amide bonds. The highest BCUT2D eigenvalue weighted by atomic mass is 32.1. The van der Waals surface area contributed by atoms with Crippen LogP contribution in [0.25, 0.3) is 21.3 Å². The number of nitrogens with zero attached hydrogens (tertiary/aromatic N) is 2. The minimum absolute atomic E-state index is 0.0194. The van der Waals surface area contributed by atoms with Crippen LogP contribution in [0.1, 0.15) is 22.3 Å². The normalized spacial score (nSPS) is 11.2. The minimum Gasteiger partial charge on any atom is -0.294 e. The van der Waals surface area contributed by atoms with Crippen molar-refractivity contribution < 1.29 is 0 Å². The fourth-order valence-corrected chi connectivity index (χ4v) is 4.12. The van der Waals surface area contributed by atoms with Gasteiger partial charge in [-0.05, 0) is 43.0 Å². The molecule has 2 heterocycles. The van der Waals surface area contributed by atoms with Crippen LogP contribution in [0.3, 0.4) is 0 Å². The lowest BCUT2D eigenvalue weighted by atomic mass is 10.0. The molecule has 130 valence electrons. The van der Waals surface area contributed by atoms with E-state index in [9.17, 15) is 4.79 Å². The van der Waals surface area contributed by atoms with Crippen LogP contribution in [0.5, 0.6) is 0 Å². The standard InChI is InChI=1S/C22H20N2OS/c1-14-5-4-6-17(9-14)11-24-13-23-21-20(22(24)25)19(12-26-21)18-8-7-15(2)16(3)10-18/h4-10,12-13H,11H2,1-3H3. The molecule has 2 aromatic carbocycles. The van der Waals surface area contributed by atoms with Crippen molar-refractivity contribution in [2.24, 2.45) is 0 Å². The predicted octanol–water partition coefficient (Wildman–Crippen LogP) is 5.10. The number of benzene rings is 2. The maximum absolute atomic E-state index is 13.2. The number of hydrogen-bond donors (Lipinski definition) is 0. The van der Waals surface area contributed by atoms with Crippen LogP contribution in [-0.4, -0.2) is 9.55 Å². The third-order valence-electron chi connectivity index (χ3n) is 4.81. The van der Waals surface area contributed by atoms with Gasteiger partial charge in [0.05, 0.1) is 18.3 Å². The van der Waals surface area contributed by atoms with Crippen molar-refractivity contribution in [2.75, 3.05) is 0 Å². The second-order valence-corrected chi connectivity index (χ2v) is 7.65. The van der Waals surface area contributed by atoms with Gasteiger partial charge in [0.15, 0.2) is 0 Å². The van der Waals surface area contributed by atoms with Crippen LogP contribution in [0, 0.1) is 20.8 Å². The Labute approximate surface area is 156 Å². The molecular weight excluding hydrogens is 340 g/mol. The molecule has 26 heavy (non-hydrogen) atoms. The van der Waals surface area contributed by atoms with E-state index in [4.69, 9.17) is 0 Å². The summed E-state index contributed by atoms with van der Waals surface area (Å²) < 4.78 is 1.70. The van der Waals surface area contributed by atoms with Crippen LogP contribution < -0.4 is 5.56 Å². The number of aromatic nitrogens is 2. The monoisotopic (exact) mass is 360 g/mol. The number of aryl methyl sites for hydroxylation is 3. The van der Waals surface area contributed by atoms with Crippen molar-refractivity contribution in [1.29, 1.82) is 0 Å². The average Bonchev–Trinajstić information content (AvgIpc) is 3.05. The number of thiophene rings is 1. The van der Waals surface area contributed by atoms with Crippen molar-refractivity contribution in [3.63, 3.8) is 0 Å². The maximum atomic E-state index is 13.2. The number of rotatable bonds is 3.